The maximum absolute atomic E-state index is 11.9. The van der Waals surface area contributed by atoms with Crippen LogP contribution >= 0.6 is 0 Å². The summed E-state index contributed by atoms with van der Waals surface area (Å²) in [6, 6.07) is -0.0935. The van der Waals surface area contributed by atoms with Crippen LogP contribution in [-0.2, 0) is 19.1 Å². The Labute approximate surface area is 148 Å². The van der Waals surface area contributed by atoms with Gasteiger partial charge in [0, 0.05) is 37.0 Å². The number of rotatable bonds is 6. The molecule has 0 saturated heterocycles. The Morgan fingerprint density at radius 3 is 1.28 bits per heavy atom. The van der Waals surface area contributed by atoms with Gasteiger partial charge in [-0.1, -0.05) is 0 Å². The Bertz CT molecular complexity index is 402. The predicted octanol–water partition coefficient (Wildman–Crippen LogP) is -0.343. The molecule has 0 aromatic carbocycles. The van der Waals surface area contributed by atoms with Crippen LogP contribution in [0.25, 0.3) is 0 Å². The zero-order chi connectivity index (χ0) is 18.4. The molecule has 0 aromatic rings. The lowest BCUT2D eigenvalue weighted by Crippen LogP contribution is -2.43. The smallest absolute Gasteiger partial charge is 0.306 e. The van der Waals surface area contributed by atoms with Crippen LogP contribution < -0.4 is 22.9 Å². The van der Waals surface area contributed by atoms with Crippen LogP contribution in [0.15, 0.2) is 0 Å². The van der Waals surface area contributed by atoms with E-state index in [1.807, 2.05) is 0 Å². The summed E-state index contributed by atoms with van der Waals surface area (Å²) >= 11 is 0. The molecule has 8 heteroatoms. The molecule has 2 fully saturated rings. The molecule has 2 aliphatic carbocycles. The third kappa shape index (κ3) is 7.27. The summed E-state index contributed by atoms with van der Waals surface area (Å²) in [6.07, 6.45) is 4.41. The van der Waals surface area contributed by atoms with Gasteiger partial charge in [-0.3, -0.25) is 9.59 Å². The van der Waals surface area contributed by atoms with E-state index >= 15 is 0 Å². The molecule has 2 saturated carbocycles. The van der Waals surface area contributed by atoms with E-state index in [0.717, 1.165) is 12.8 Å². The summed E-state index contributed by atoms with van der Waals surface area (Å²) in [4.78, 5) is 23.8. The topological polar surface area (TPSA) is 157 Å². The average molecular weight is 356 g/mol. The lowest BCUT2D eigenvalue weighted by atomic mass is 9.90. The first-order valence-electron chi connectivity index (χ1n) is 9.23. The first kappa shape index (κ1) is 20.1. The van der Waals surface area contributed by atoms with Gasteiger partial charge in [-0.2, -0.15) is 0 Å². The fourth-order valence-corrected chi connectivity index (χ4v) is 3.76. The molecule has 25 heavy (non-hydrogen) atoms. The van der Waals surface area contributed by atoms with Crippen molar-refractivity contribution < 1.29 is 19.1 Å². The summed E-state index contributed by atoms with van der Waals surface area (Å²) in [5, 5.41) is 0. The fraction of sp³-hybridized carbons (Fsp3) is 0.882. The van der Waals surface area contributed by atoms with Gasteiger partial charge in [0.05, 0.1) is 0 Å². The Morgan fingerprint density at radius 2 is 0.960 bits per heavy atom. The van der Waals surface area contributed by atoms with E-state index in [2.05, 4.69) is 0 Å². The van der Waals surface area contributed by atoms with Crippen LogP contribution in [0.4, 0.5) is 0 Å². The lowest BCUT2D eigenvalue weighted by Gasteiger charge is -2.31. The highest BCUT2D eigenvalue weighted by molar-refractivity contribution is 5.72. The molecule has 8 N–H and O–H groups in total. The highest BCUT2D eigenvalue weighted by Crippen LogP contribution is 2.21. The molecule has 0 bridgehead atoms. The van der Waals surface area contributed by atoms with Gasteiger partial charge in [0.1, 0.15) is 12.2 Å². The molecular formula is C17H32N4O4. The average Bonchev–Trinajstić information content (AvgIpc) is 2.44. The van der Waals surface area contributed by atoms with Gasteiger partial charge in [-0.25, -0.2) is 0 Å². The van der Waals surface area contributed by atoms with Crippen molar-refractivity contribution in [3.8, 4) is 0 Å². The summed E-state index contributed by atoms with van der Waals surface area (Å²) in [6.45, 7) is 0. The predicted molar refractivity (Wildman–Crippen MR) is 93.2 cm³/mol. The second-order valence-electron chi connectivity index (χ2n) is 7.53. The molecule has 2 rings (SSSR count). The van der Waals surface area contributed by atoms with Gasteiger partial charge < -0.3 is 32.4 Å². The normalized spacial score (nSPS) is 35.8. The molecule has 4 atom stereocenters. The number of esters is 2. The van der Waals surface area contributed by atoms with Gasteiger partial charge in [-0.15, -0.1) is 0 Å². The van der Waals surface area contributed by atoms with E-state index in [4.69, 9.17) is 32.4 Å². The molecule has 2 aliphatic rings. The molecule has 4 unspecified atom stereocenters. The minimum Gasteiger partial charge on any atom is -0.462 e. The molecule has 0 aromatic heterocycles. The van der Waals surface area contributed by atoms with Crippen LogP contribution in [-0.4, -0.2) is 48.3 Å². The third-order valence-electron chi connectivity index (χ3n) is 4.83. The van der Waals surface area contributed by atoms with E-state index in [9.17, 15) is 9.59 Å². The monoisotopic (exact) mass is 356 g/mol. The first-order chi connectivity index (χ1) is 11.8. The van der Waals surface area contributed by atoms with Gasteiger partial charge in [0.15, 0.2) is 0 Å². The summed E-state index contributed by atoms with van der Waals surface area (Å²) < 4.78 is 10.8. The number of carbonyl (C=O) groups excluding carboxylic acids is 2. The van der Waals surface area contributed by atoms with Crippen molar-refractivity contribution in [2.45, 2.75) is 94.2 Å². The Kier molecular flexibility index (Phi) is 7.61. The minimum atomic E-state index is -0.319. The molecule has 0 amide bonds. The van der Waals surface area contributed by atoms with Gasteiger partial charge >= 0.3 is 11.9 Å². The van der Waals surface area contributed by atoms with E-state index in [1.54, 1.807) is 0 Å². The van der Waals surface area contributed by atoms with Gasteiger partial charge in [0.2, 0.25) is 0 Å². The standard InChI is InChI=1S/C17H32N4O4/c18-10-4-11(19)7-14(6-10)24-16(22)2-1-3-17(23)25-15-8-12(20)5-13(21)9-15/h10-15H,1-9,18-21H2. The quantitative estimate of drug-likeness (QED) is 0.471. The van der Waals surface area contributed by atoms with Crippen molar-refractivity contribution in [3.05, 3.63) is 0 Å². The molecule has 0 radical (unpaired) electrons. The zero-order valence-electron chi connectivity index (χ0n) is 14.8. The second-order valence-corrected chi connectivity index (χ2v) is 7.53. The van der Waals surface area contributed by atoms with Gasteiger partial charge in [0.25, 0.3) is 0 Å². The van der Waals surface area contributed by atoms with Crippen LogP contribution in [0, 0.1) is 0 Å². The maximum atomic E-state index is 11.9. The number of carbonyl (C=O) groups is 2. The van der Waals surface area contributed by atoms with Crippen molar-refractivity contribution in [2.75, 3.05) is 0 Å². The van der Waals surface area contributed by atoms with Crippen LogP contribution in [0.3, 0.4) is 0 Å². The Morgan fingerprint density at radius 1 is 0.640 bits per heavy atom. The van der Waals surface area contributed by atoms with Crippen molar-refractivity contribution in [2.24, 2.45) is 22.9 Å². The molecule has 144 valence electrons. The summed E-state index contributed by atoms with van der Waals surface area (Å²) in [5.41, 5.74) is 23.6. The fourth-order valence-electron chi connectivity index (χ4n) is 3.76. The second kappa shape index (κ2) is 9.47. The first-order valence-corrected chi connectivity index (χ1v) is 9.23. The molecular weight excluding hydrogens is 324 g/mol. The SMILES string of the molecule is NC1CC(N)CC(OC(=O)CCCC(=O)OC2CC(N)CC(N)C2)C1. The van der Waals surface area contributed by atoms with Crippen LogP contribution in [0.1, 0.15) is 57.8 Å². The van der Waals surface area contributed by atoms with Crippen LogP contribution in [0.5, 0.6) is 0 Å². The van der Waals surface area contributed by atoms with E-state index in [1.165, 1.54) is 0 Å². The Hall–Kier alpha value is -1.22. The molecule has 8 nitrogen and oxygen atoms in total. The number of ether oxygens (including phenoxy) is 2. The zero-order valence-corrected chi connectivity index (χ0v) is 14.8. The Balaban J connectivity index is 1.61. The molecule has 0 spiro atoms. The van der Waals surface area contributed by atoms with E-state index < -0.39 is 0 Å². The van der Waals surface area contributed by atoms with E-state index in [0.29, 0.717) is 32.1 Å². The van der Waals surface area contributed by atoms with Gasteiger partial charge in [-0.05, 0) is 44.9 Å². The molecule has 0 aliphatic heterocycles. The largest absolute Gasteiger partial charge is 0.462 e. The van der Waals surface area contributed by atoms with Crippen molar-refractivity contribution in [3.63, 3.8) is 0 Å². The highest BCUT2D eigenvalue weighted by atomic mass is 16.5. The van der Waals surface area contributed by atoms with Crippen molar-refractivity contribution >= 4 is 11.9 Å². The minimum absolute atomic E-state index is 0.0234. The van der Waals surface area contributed by atoms with Crippen molar-refractivity contribution in [1.82, 2.24) is 0 Å². The number of nitrogens with two attached hydrogens (primary N) is 4. The van der Waals surface area contributed by atoms with Crippen molar-refractivity contribution in [1.29, 1.82) is 0 Å². The maximum Gasteiger partial charge on any atom is 0.306 e. The molecule has 0 heterocycles. The highest BCUT2D eigenvalue weighted by Gasteiger charge is 2.28. The third-order valence-corrected chi connectivity index (χ3v) is 4.83. The summed E-state index contributed by atoms with van der Waals surface area (Å²) in [5.74, 6) is -0.637. The lowest BCUT2D eigenvalue weighted by molar-refractivity contribution is -0.152. The van der Waals surface area contributed by atoms with Crippen LogP contribution in [0.2, 0.25) is 0 Å². The number of hydrogen-bond donors (Lipinski definition) is 4. The van der Waals surface area contributed by atoms with E-state index in [-0.39, 0.29) is 61.2 Å². The number of hydrogen-bond acceptors (Lipinski definition) is 8. The summed E-state index contributed by atoms with van der Waals surface area (Å²) in [7, 11) is 0.